The maximum atomic E-state index is 9.91. The fourth-order valence-electron chi connectivity index (χ4n) is 1.37. The molecule has 0 aromatic carbocycles. The van der Waals surface area contributed by atoms with E-state index in [0.29, 0.717) is 5.25 Å². The summed E-state index contributed by atoms with van der Waals surface area (Å²) in [6.07, 6.45) is 1.04. The van der Waals surface area contributed by atoms with Crippen LogP contribution in [0.1, 0.15) is 40.2 Å². The van der Waals surface area contributed by atoms with Crippen LogP contribution < -0.4 is 0 Å². The van der Waals surface area contributed by atoms with E-state index in [2.05, 4.69) is 13.8 Å². The van der Waals surface area contributed by atoms with Crippen LogP contribution in [0.5, 0.6) is 11.8 Å². The Kier molecular flexibility index (Phi) is 3.97. The van der Waals surface area contributed by atoms with Gasteiger partial charge in [0.05, 0.1) is 4.90 Å². The van der Waals surface area contributed by atoms with E-state index in [1.54, 1.807) is 17.8 Å². The summed E-state index contributed by atoms with van der Waals surface area (Å²) in [6, 6.07) is 1.70. The standard InChI is InChI=1S/C11H19NO2S/c1-5-8(4)15-9-6-10(13)12(7(2)3)11(9)14/h6-8,13-14H,5H2,1-4H3. The van der Waals surface area contributed by atoms with Gasteiger partial charge in [-0.15, -0.1) is 11.8 Å². The van der Waals surface area contributed by atoms with Crippen molar-refractivity contribution in [3.05, 3.63) is 6.07 Å². The lowest BCUT2D eigenvalue weighted by Gasteiger charge is -2.11. The molecule has 0 saturated heterocycles. The molecular weight excluding hydrogens is 210 g/mol. The highest BCUT2D eigenvalue weighted by atomic mass is 32.2. The quantitative estimate of drug-likeness (QED) is 0.778. The average molecular weight is 229 g/mol. The third-order valence-corrected chi connectivity index (χ3v) is 3.67. The molecule has 1 aromatic rings. The summed E-state index contributed by atoms with van der Waals surface area (Å²) in [5.74, 6) is 0.307. The Morgan fingerprint density at radius 1 is 1.33 bits per heavy atom. The third-order valence-electron chi connectivity index (χ3n) is 2.38. The van der Waals surface area contributed by atoms with E-state index < -0.39 is 0 Å². The second kappa shape index (κ2) is 4.84. The van der Waals surface area contributed by atoms with E-state index in [0.717, 1.165) is 11.3 Å². The van der Waals surface area contributed by atoms with E-state index >= 15 is 0 Å². The number of aromatic hydroxyl groups is 2. The summed E-state index contributed by atoms with van der Waals surface area (Å²) >= 11 is 1.59. The molecule has 1 rings (SSSR count). The number of rotatable bonds is 4. The molecule has 0 amide bonds. The summed E-state index contributed by atoms with van der Waals surface area (Å²) in [4.78, 5) is 0.760. The SMILES string of the molecule is CCC(C)Sc1cc(O)n(C(C)C)c1O. The van der Waals surface area contributed by atoms with Crippen LogP contribution in [0.2, 0.25) is 0 Å². The number of nitrogens with zero attached hydrogens (tertiary/aromatic N) is 1. The first kappa shape index (κ1) is 12.3. The maximum absolute atomic E-state index is 9.91. The minimum Gasteiger partial charge on any atom is -0.494 e. The van der Waals surface area contributed by atoms with Crippen LogP contribution in [0.3, 0.4) is 0 Å². The lowest BCUT2D eigenvalue weighted by Crippen LogP contribution is -1.99. The van der Waals surface area contributed by atoms with Crippen LogP contribution in [0.4, 0.5) is 0 Å². The van der Waals surface area contributed by atoms with Crippen LogP contribution in [0.25, 0.3) is 0 Å². The summed E-state index contributed by atoms with van der Waals surface area (Å²) < 4.78 is 1.53. The molecule has 0 fully saturated rings. The van der Waals surface area contributed by atoms with E-state index in [9.17, 15) is 10.2 Å². The van der Waals surface area contributed by atoms with Crippen molar-refractivity contribution in [1.29, 1.82) is 0 Å². The molecule has 15 heavy (non-hydrogen) atoms. The van der Waals surface area contributed by atoms with Crippen molar-refractivity contribution in [1.82, 2.24) is 4.57 Å². The van der Waals surface area contributed by atoms with E-state index in [1.807, 2.05) is 13.8 Å². The van der Waals surface area contributed by atoms with E-state index in [4.69, 9.17) is 0 Å². The van der Waals surface area contributed by atoms with Crippen molar-refractivity contribution in [2.45, 2.75) is 50.3 Å². The zero-order valence-electron chi connectivity index (χ0n) is 9.69. The molecule has 0 aliphatic heterocycles. The third kappa shape index (κ3) is 2.62. The highest BCUT2D eigenvalue weighted by molar-refractivity contribution is 8.00. The van der Waals surface area contributed by atoms with Crippen molar-refractivity contribution >= 4 is 11.8 Å². The number of hydrogen-bond acceptors (Lipinski definition) is 3. The molecule has 0 aliphatic rings. The summed E-state index contributed by atoms with van der Waals surface area (Å²) in [5.41, 5.74) is 0. The van der Waals surface area contributed by atoms with Gasteiger partial charge in [-0.2, -0.15) is 0 Å². The Bertz CT molecular complexity index is 334. The first-order valence-corrected chi connectivity index (χ1v) is 6.15. The number of hydrogen-bond donors (Lipinski definition) is 2. The molecule has 0 spiro atoms. The Morgan fingerprint density at radius 2 is 1.93 bits per heavy atom. The normalized spacial score (nSPS) is 13.4. The van der Waals surface area contributed by atoms with Gasteiger partial charge in [0.2, 0.25) is 5.88 Å². The molecule has 1 heterocycles. The van der Waals surface area contributed by atoms with Gasteiger partial charge < -0.3 is 10.2 Å². The van der Waals surface area contributed by atoms with Crippen LogP contribution in [-0.4, -0.2) is 20.0 Å². The molecule has 2 N–H and O–H groups in total. The Balaban J connectivity index is 2.96. The second-order valence-corrected chi connectivity index (χ2v) is 5.47. The molecule has 86 valence electrons. The average Bonchev–Trinajstić information content (AvgIpc) is 2.41. The van der Waals surface area contributed by atoms with Crippen LogP contribution in [0, 0.1) is 0 Å². The van der Waals surface area contributed by atoms with Crippen molar-refractivity contribution in [2.75, 3.05) is 0 Å². The van der Waals surface area contributed by atoms with Gasteiger partial charge in [0.1, 0.15) is 0 Å². The molecule has 0 bridgehead atoms. The maximum Gasteiger partial charge on any atom is 0.208 e. The van der Waals surface area contributed by atoms with Gasteiger partial charge >= 0.3 is 0 Å². The zero-order valence-corrected chi connectivity index (χ0v) is 10.5. The molecule has 1 atom stereocenters. The summed E-state index contributed by atoms with van der Waals surface area (Å²) in [6.45, 7) is 8.07. The molecule has 0 aliphatic carbocycles. The monoisotopic (exact) mass is 229 g/mol. The predicted molar refractivity (Wildman–Crippen MR) is 63.8 cm³/mol. The minimum atomic E-state index is 0.0660. The highest BCUT2D eigenvalue weighted by Crippen LogP contribution is 2.39. The predicted octanol–water partition coefficient (Wildman–Crippen LogP) is 3.37. The molecule has 0 saturated carbocycles. The number of thioether (sulfide) groups is 1. The minimum absolute atomic E-state index is 0.0660. The molecule has 1 aromatic heterocycles. The van der Waals surface area contributed by atoms with Crippen molar-refractivity contribution in [3.8, 4) is 11.8 Å². The van der Waals surface area contributed by atoms with E-state index in [1.165, 1.54) is 4.57 Å². The zero-order chi connectivity index (χ0) is 11.6. The molecule has 4 heteroatoms. The van der Waals surface area contributed by atoms with Gasteiger partial charge in [-0.3, -0.25) is 4.57 Å². The second-order valence-electron chi connectivity index (χ2n) is 3.99. The summed E-state index contributed by atoms with van der Waals surface area (Å²) in [7, 11) is 0. The van der Waals surface area contributed by atoms with Gasteiger partial charge in [-0.1, -0.05) is 13.8 Å². The molecular formula is C11H19NO2S. The molecule has 3 nitrogen and oxygen atoms in total. The van der Waals surface area contributed by atoms with Gasteiger partial charge in [-0.05, 0) is 20.3 Å². The van der Waals surface area contributed by atoms with Crippen LogP contribution in [-0.2, 0) is 0 Å². The Hall–Kier alpha value is -0.770. The smallest absolute Gasteiger partial charge is 0.208 e. The van der Waals surface area contributed by atoms with Crippen LogP contribution >= 0.6 is 11.8 Å². The fourth-order valence-corrected chi connectivity index (χ4v) is 2.35. The Morgan fingerprint density at radius 3 is 2.33 bits per heavy atom. The largest absolute Gasteiger partial charge is 0.494 e. The molecule has 1 unspecified atom stereocenters. The van der Waals surface area contributed by atoms with Crippen molar-refractivity contribution in [3.63, 3.8) is 0 Å². The highest BCUT2D eigenvalue weighted by Gasteiger charge is 2.17. The van der Waals surface area contributed by atoms with Gasteiger partial charge in [0.15, 0.2) is 5.88 Å². The lowest BCUT2D eigenvalue weighted by atomic mass is 10.4. The van der Waals surface area contributed by atoms with E-state index in [-0.39, 0.29) is 17.8 Å². The fraction of sp³-hybridized carbons (Fsp3) is 0.636. The topological polar surface area (TPSA) is 45.4 Å². The first-order chi connectivity index (χ1) is 6.97. The van der Waals surface area contributed by atoms with Crippen LogP contribution in [0.15, 0.2) is 11.0 Å². The number of aromatic nitrogens is 1. The van der Waals surface area contributed by atoms with Crippen molar-refractivity contribution < 1.29 is 10.2 Å². The Labute approximate surface area is 95.1 Å². The van der Waals surface area contributed by atoms with Gasteiger partial charge in [0, 0.05) is 17.4 Å². The molecule has 0 radical (unpaired) electrons. The summed E-state index contributed by atoms with van der Waals surface area (Å²) in [5, 5.41) is 20.0. The lowest BCUT2D eigenvalue weighted by molar-refractivity contribution is 0.346. The van der Waals surface area contributed by atoms with Gasteiger partial charge in [-0.25, -0.2) is 0 Å². The van der Waals surface area contributed by atoms with Gasteiger partial charge in [0.25, 0.3) is 0 Å². The van der Waals surface area contributed by atoms with Crippen molar-refractivity contribution in [2.24, 2.45) is 0 Å². The first-order valence-electron chi connectivity index (χ1n) is 5.27.